The number of aliphatic hydroxyl groups is 1. The first-order valence-corrected chi connectivity index (χ1v) is 5.97. The second-order valence-electron chi connectivity index (χ2n) is 4.97. The summed E-state index contributed by atoms with van der Waals surface area (Å²) >= 11 is 0. The van der Waals surface area contributed by atoms with Gasteiger partial charge in [-0.05, 0) is 38.5 Å². The van der Waals surface area contributed by atoms with Gasteiger partial charge >= 0.3 is 0 Å². The first kappa shape index (κ1) is 14.5. The molecule has 0 bridgehead atoms. The van der Waals surface area contributed by atoms with Crippen molar-refractivity contribution in [1.82, 2.24) is 5.32 Å². The number of rotatable bonds is 5. The zero-order chi connectivity index (χ0) is 13.8. The van der Waals surface area contributed by atoms with Gasteiger partial charge in [-0.15, -0.1) is 0 Å². The molecule has 0 aromatic heterocycles. The van der Waals surface area contributed by atoms with E-state index in [4.69, 9.17) is 4.74 Å². The van der Waals surface area contributed by atoms with Crippen molar-refractivity contribution < 1.29 is 14.6 Å². The maximum atomic E-state index is 11.9. The molecule has 100 valence electrons. The molecule has 1 amide bonds. The monoisotopic (exact) mass is 251 g/mol. The van der Waals surface area contributed by atoms with Crippen molar-refractivity contribution >= 4 is 5.91 Å². The predicted molar refractivity (Wildman–Crippen MR) is 70.6 cm³/mol. The minimum atomic E-state index is -0.629. The molecule has 0 aliphatic carbocycles. The van der Waals surface area contributed by atoms with E-state index in [1.165, 1.54) is 0 Å². The van der Waals surface area contributed by atoms with E-state index in [-0.39, 0.29) is 12.3 Å². The Bertz CT molecular complexity index is 413. The fraction of sp³-hybridized carbons (Fsp3) is 0.500. The molecule has 4 heteroatoms. The first-order valence-electron chi connectivity index (χ1n) is 5.97. The molecule has 0 saturated heterocycles. The molecule has 1 unspecified atom stereocenters. The zero-order valence-corrected chi connectivity index (χ0v) is 11.4. The van der Waals surface area contributed by atoms with Gasteiger partial charge in [0.1, 0.15) is 5.75 Å². The van der Waals surface area contributed by atoms with Gasteiger partial charge in [0.2, 0.25) is 5.91 Å². The molecule has 0 aliphatic heterocycles. The van der Waals surface area contributed by atoms with E-state index >= 15 is 0 Å². The highest BCUT2D eigenvalue weighted by atomic mass is 16.5. The summed E-state index contributed by atoms with van der Waals surface area (Å²) < 4.78 is 5.10. The number of methoxy groups -OCH3 is 1. The third-order valence-electron chi connectivity index (χ3n) is 3.00. The summed E-state index contributed by atoms with van der Waals surface area (Å²) in [7, 11) is 1.59. The van der Waals surface area contributed by atoms with Crippen LogP contribution in [0, 0.1) is 0 Å². The Labute approximate surface area is 108 Å². The number of benzene rings is 1. The lowest BCUT2D eigenvalue weighted by Gasteiger charge is -2.29. The van der Waals surface area contributed by atoms with Gasteiger partial charge < -0.3 is 15.2 Å². The van der Waals surface area contributed by atoms with Gasteiger partial charge in [0.05, 0.1) is 25.2 Å². The largest absolute Gasteiger partial charge is 0.497 e. The second-order valence-corrected chi connectivity index (χ2v) is 4.97. The summed E-state index contributed by atoms with van der Waals surface area (Å²) in [6, 6.07) is 7.38. The molecule has 0 saturated carbocycles. The highest BCUT2D eigenvalue weighted by Crippen LogP contribution is 2.14. The highest BCUT2D eigenvalue weighted by molar-refractivity contribution is 5.79. The normalized spacial score (nSPS) is 12.9. The van der Waals surface area contributed by atoms with Crippen LogP contribution in [0.3, 0.4) is 0 Å². The average Bonchev–Trinajstić information content (AvgIpc) is 2.28. The maximum Gasteiger partial charge on any atom is 0.224 e. The van der Waals surface area contributed by atoms with E-state index in [1.807, 2.05) is 24.3 Å². The molecule has 18 heavy (non-hydrogen) atoms. The van der Waals surface area contributed by atoms with Crippen molar-refractivity contribution in [1.29, 1.82) is 0 Å². The molecular formula is C14H21NO3. The molecular weight excluding hydrogens is 230 g/mol. The Morgan fingerprint density at radius 3 is 2.72 bits per heavy atom. The number of aliphatic hydroxyl groups excluding tert-OH is 1. The molecule has 4 nitrogen and oxygen atoms in total. The van der Waals surface area contributed by atoms with Crippen LogP contribution in [0.2, 0.25) is 0 Å². The number of carbonyl (C=O) groups is 1. The molecule has 0 aliphatic rings. The summed E-state index contributed by atoms with van der Waals surface area (Å²) in [5.74, 6) is 0.615. The molecule has 1 rings (SSSR count). The Morgan fingerprint density at radius 1 is 1.50 bits per heavy atom. The third-order valence-corrected chi connectivity index (χ3v) is 3.00. The van der Waals surface area contributed by atoms with Gasteiger partial charge in [-0.3, -0.25) is 4.79 Å². The molecule has 0 heterocycles. The van der Waals surface area contributed by atoms with E-state index in [0.29, 0.717) is 0 Å². The van der Waals surface area contributed by atoms with Crippen molar-refractivity contribution in [3.8, 4) is 5.75 Å². The fourth-order valence-corrected chi connectivity index (χ4v) is 1.48. The molecule has 1 aromatic rings. The van der Waals surface area contributed by atoms with Gasteiger partial charge in [-0.1, -0.05) is 12.1 Å². The predicted octanol–water partition coefficient (Wildman–Crippen LogP) is 1.51. The minimum Gasteiger partial charge on any atom is -0.497 e. The lowest BCUT2D eigenvalue weighted by atomic mass is 9.98. The summed E-state index contributed by atoms with van der Waals surface area (Å²) in [5, 5.41) is 12.4. The molecule has 0 spiro atoms. The van der Waals surface area contributed by atoms with Gasteiger partial charge in [0, 0.05) is 0 Å². The number of hydrogen-bond donors (Lipinski definition) is 2. The molecule has 1 atom stereocenters. The smallest absolute Gasteiger partial charge is 0.224 e. The number of ether oxygens (including phenoxy) is 1. The molecule has 1 aromatic carbocycles. The molecule has 0 fully saturated rings. The van der Waals surface area contributed by atoms with Crippen LogP contribution in [0.1, 0.15) is 26.3 Å². The van der Waals surface area contributed by atoms with E-state index < -0.39 is 11.6 Å². The van der Waals surface area contributed by atoms with Crippen LogP contribution in [0.4, 0.5) is 0 Å². The lowest BCUT2D eigenvalue weighted by Crippen LogP contribution is -2.51. The highest BCUT2D eigenvalue weighted by Gasteiger charge is 2.25. The van der Waals surface area contributed by atoms with Gasteiger partial charge in [-0.2, -0.15) is 0 Å². The summed E-state index contributed by atoms with van der Waals surface area (Å²) in [6.07, 6.45) is -0.334. The van der Waals surface area contributed by atoms with Crippen molar-refractivity contribution in [2.75, 3.05) is 7.11 Å². The summed E-state index contributed by atoms with van der Waals surface area (Å²) in [6.45, 7) is 5.24. The number of amides is 1. The van der Waals surface area contributed by atoms with Crippen LogP contribution in [0.25, 0.3) is 0 Å². The van der Waals surface area contributed by atoms with Crippen LogP contribution in [-0.2, 0) is 11.2 Å². The first-order chi connectivity index (χ1) is 8.35. The third kappa shape index (κ3) is 4.04. The fourth-order valence-electron chi connectivity index (χ4n) is 1.48. The van der Waals surface area contributed by atoms with Crippen LogP contribution >= 0.6 is 0 Å². The minimum absolute atomic E-state index is 0.117. The maximum absolute atomic E-state index is 11.9. The number of hydrogen-bond acceptors (Lipinski definition) is 3. The van der Waals surface area contributed by atoms with Gasteiger partial charge in [-0.25, -0.2) is 0 Å². The zero-order valence-electron chi connectivity index (χ0n) is 11.4. The van der Waals surface area contributed by atoms with Crippen LogP contribution < -0.4 is 10.1 Å². The Balaban J connectivity index is 2.65. The van der Waals surface area contributed by atoms with E-state index in [9.17, 15) is 9.90 Å². The lowest BCUT2D eigenvalue weighted by molar-refractivity contribution is -0.123. The van der Waals surface area contributed by atoms with Gasteiger partial charge in [0.25, 0.3) is 0 Å². The van der Waals surface area contributed by atoms with E-state index in [2.05, 4.69) is 5.32 Å². The van der Waals surface area contributed by atoms with Crippen molar-refractivity contribution in [2.24, 2.45) is 0 Å². The quantitative estimate of drug-likeness (QED) is 0.834. The van der Waals surface area contributed by atoms with Crippen LogP contribution in [0.15, 0.2) is 24.3 Å². The summed E-state index contributed by atoms with van der Waals surface area (Å²) in [4.78, 5) is 11.9. The second kappa shape index (κ2) is 5.87. The SMILES string of the molecule is COc1cccc(CC(=O)NC(C)(C)C(C)O)c1. The van der Waals surface area contributed by atoms with E-state index in [0.717, 1.165) is 11.3 Å². The standard InChI is InChI=1S/C14H21NO3/c1-10(16)14(2,3)15-13(17)9-11-6-5-7-12(8-11)18-4/h5-8,10,16H,9H2,1-4H3,(H,15,17). The van der Waals surface area contributed by atoms with Crippen molar-refractivity contribution in [2.45, 2.75) is 38.8 Å². The van der Waals surface area contributed by atoms with Crippen LogP contribution in [0.5, 0.6) is 5.75 Å². The van der Waals surface area contributed by atoms with Crippen molar-refractivity contribution in [3.63, 3.8) is 0 Å². The molecule has 0 radical (unpaired) electrons. The molecule has 2 N–H and O–H groups in total. The Hall–Kier alpha value is -1.55. The Morgan fingerprint density at radius 2 is 2.17 bits per heavy atom. The van der Waals surface area contributed by atoms with E-state index in [1.54, 1.807) is 27.9 Å². The number of carbonyl (C=O) groups excluding carboxylic acids is 1. The topological polar surface area (TPSA) is 58.6 Å². The van der Waals surface area contributed by atoms with Gasteiger partial charge in [0.15, 0.2) is 0 Å². The van der Waals surface area contributed by atoms with Crippen LogP contribution in [-0.4, -0.2) is 29.8 Å². The van der Waals surface area contributed by atoms with Crippen molar-refractivity contribution in [3.05, 3.63) is 29.8 Å². The Kier molecular flexibility index (Phi) is 4.73. The average molecular weight is 251 g/mol. The summed E-state index contributed by atoms with van der Waals surface area (Å²) in [5.41, 5.74) is 0.254. The number of nitrogens with one attached hydrogen (secondary N) is 1.